The summed E-state index contributed by atoms with van der Waals surface area (Å²) in [6, 6.07) is 4.17. The van der Waals surface area contributed by atoms with Crippen molar-refractivity contribution in [1.82, 2.24) is 0 Å². The van der Waals surface area contributed by atoms with E-state index in [9.17, 15) is 15.2 Å². The summed E-state index contributed by atoms with van der Waals surface area (Å²) < 4.78 is 1.000. The summed E-state index contributed by atoms with van der Waals surface area (Å²) in [6.45, 7) is 0. The molecule has 0 saturated carbocycles. The fourth-order valence-electron chi connectivity index (χ4n) is 2.08. The number of aromatic hydroxyl groups is 1. The molecule has 0 aliphatic heterocycles. The van der Waals surface area contributed by atoms with Crippen LogP contribution in [0, 0.1) is 10.1 Å². The number of benzene rings is 1. The molecule has 0 fully saturated rings. The number of phenols is 1. The molecule has 1 aliphatic rings. The van der Waals surface area contributed by atoms with Crippen LogP contribution >= 0.6 is 15.9 Å². The van der Waals surface area contributed by atoms with E-state index < -0.39 is 4.92 Å². The van der Waals surface area contributed by atoms with Crippen LogP contribution in [0.1, 0.15) is 30.7 Å². The van der Waals surface area contributed by atoms with Crippen molar-refractivity contribution in [3.05, 3.63) is 44.4 Å². The first kappa shape index (κ1) is 12.1. The van der Waals surface area contributed by atoms with Crippen molar-refractivity contribution in [3.8, 4) is 5.75 Å². The van der Waals surface area contributed by atoms with Crippen LogP contribution in [-0.4, -0.2) is 10.0 Å². The van der Waals surface area contributed by atoms with Gasteiger partial charge in [-0.05, 0) is 29.8 Å². The summed E-state index contributed by atoms with van der Waals surface area (Å²) in [5.74, 6) is 0.150. The van der Waals surface area contributed by atoms with Gasteiger partial charge >= 0.3 is 0 Å². The van der Waals surface area contributed by atoms with Crippen molar-refractivity contribution in [1.29, 1.82) is 0 Å². The fourth-order valence-corrected chi connectivity index (χ4v) is 2.79. The molecule has 1 aliphatic carbocycles. The molecule has 0 saturated heterocycles. The van der Waals surface area contributed by atoms with Crippen molar-refractivity contribution in [2.45, 2.75) is 25.2 Å². The van der Waals surface area contributed by atoms with Gasteiger partial charge in [-0.2, -0.15) is 0 Å². The number of rotatable bonds is 2. The van der Waals surface area contributed by atoms with Gasteiger partial charge in [0.15, 0.2) is 0 Å². The molecule has 1 atom stereocenters. The number of hydrogen-bond donors (Lipinski definition) is 1. The molecule has 0 aromatic heterocycles. The van der Waals surface area contributed by atoms with Crippen LogP contribution in [0.15, 0.2) is 28.8 Å². The molecule has 90 valence electrons. The zero-order chi connectivity index (χ0) is 12.4. The third kappa shape index (κ3) is 2.49. The van der Waals surface area contributed by atoms with Crippen molar-refractivity contribution >= 4 is 21.6 Å². The molecule has 1 aromatic carbocycles. The van der Waals surface area contributed by atoms with Crippen LogP contribution in [0.5, 0.6) is 5.75 Å². The molecular weight excluding hydrogens is 286 g/mol. The number of halogens is 1. The number of nitro groups is 1. The van der Waals surface area contributed by atoms with Crippen molar-refractivity contribution in [3.63, 3.8) is 0 Å². The first-order valence-electron chi connectivity index (χ1n) is 5.42. The van der Waals surface area contributed by atoms with E-state index in [4.69, 9.17) is 0 Å². The fraction of sp³-hybridized carbons (Fsp3) is 0.333. The summed E-state index contributed by atoms with van der Waals surface area (Å²) >= 11 is 3.47. The number of hydrogen-bond acceptors (Lipinski definition) is 3. The van der Waals surface area contributed by atoms with Gasteiger partial charge in [0.1, 0.15) is 5.75 Å². The lowest BCUT2D eigenvalue weighted by atomic mass is 9.88. The Kier molecular flexibility index (Phi) is 3.47. The number of non-ortho nitro benzene ring substituents is 1. The summed E-state index contributed by atoms with van der Waals surface area (Å²) in [5, 5.41) is 20.5. The van der Waals surface area contributed by atoms with E-state index in [0.717, 1.165) is 23.7 Å². The topological polar surface area (TPSA) is 63.4 Å². The van der Waals surface area contributed by atoms with Crippen molar-refractivity contribution in [2.24, 2.45) is 0 Å². The zero-order valence-electron chi connectivity index (χ0n) is 9.10. The Bertz CT molecular complexity index is 485. The zero-order valence-corrected chi connectivity index (χ0v) is 10.7. The highest BCUT2D eigenvalue weighted by Crippen LogP contribution is 2.41. The Morgan fingerprint density at radius 3 is 2.88 bits per heavy atom. The molecule has 5 heteroatoms. The van der Waals surface area contributed by atoms with Crippen LogP contribution in [0.3, 0.4) is 0 Å². The molecule has 17 heavy (non-hydrogen) atoms. The van der Waals surface area contributed by atoms with E-state index in [1.807, 2.05) is 0 Å². The first-order valence-corrected chi connectivity index (χ1v) is 6.21. The lowest BCUT2D eigenvalue weighted by Crippen LogP contribution is -2.04. The molecule has 0 heterocycles. The van der Waals surface area contributed by atoms with E-state index in [2.05, 4.69) is 22.0 Å². The lowest BCUT2D eigenvalue weighted by Gasteiger charge is -2.21. The number of phenolic OH excluding ortho intramolecular Hbond substituents is 1. The maximum Gasteiger partial charge on any atom is 0.269 e. The summed E-state index contributed by atoms with van der Waals surface area (Å²) in [7, 11) is 0. The van der Waals surface area contributed by atoms with Crippen LogP contribution in [0.4, 0.5) is 5.69 Å². The average Bonchev–Trinajstić information content (AvgIpc) is 2.30. The maximum atomic E-state index is 10.7. The monoisotopic (exact) mass is 297 g/mol. The summed E-state index contributed by atoms with van der Waals surface area (Å²) in [5.41, 5.74) is 0.644. The molecule has 1 N–H and O–H groups in total. The van der Waals surface area contributed by atoms with Gasteiger partial charge in [0, 0.05) is 23.6 Å². The maximum absolute atomic E-state index is 10.7. The summed E-state index contributed by atoms with van der Waals surface area (Å²) in [6.07, 6.45) is 4.99. The summed E-state index contributed by atoms with van der Waals surface area (Å²) in [4.78, 5) is 10.3. The Hall–Kier alpha value is -1.36. The Balaban J connectivity index is 2.43. The van der Waals surface area contributed by atoms with Gasteiger partial charge in [-0.15, -0.1) is 0 Å². The van der Waals surface area contributed by atoms with E-state index in [-0.39, 0.29) is 17.4 Å². The Morgan fingerprint density at radius 1 is 1.47 bits per heavy atom. The predicted molar refractivity (Wildman–Crippen MR) is 68.4 cm³/mol. The molecule has 0 spiro atoms. The van der Waals surface area contributed by atoms with Crippen molar-refractivity contribution in [2.75, 3.05) is 0 Å². The minimum Gasteiger partial charge on any atom is -0.508 e. The first-order chi connectivity index (χ1) is 8.09. The molecule has 4 nitrogen and oxygen atoms in total. The second-order valence-corrected chi connectivity index (χ2v) is 4.99. The predicted octanol–water partition coefficient (Wildman–Crippen LogP) is 3.85. The third-order valence-electron chi connectivity index (χ3n) is 2.97. The molecule has 2 rings (SSSR count). The standard InChI is InChI=1S/C12H12BrNO3/c13-11-4-2-1-3-9(11)10-7-8(14(16)17)5-6-12(10)15/h4-7,9,15H,1-3H2. The van der Waals surface area contributed by atoms with Crippen LogP contribution in [-0.2, 0) is 0 Å². The Morgan fingerprint density at radius 2 is 2.24 bits per heavy atom. The van der Waals surface area contributed by atoms with E-state index in [1.54, 1.807) is 0 Å². The average molecular weight is 298 g/mol. The number of nitro benzene ring substituents is 1. The Labute approximate surface area is 107 Å². The van der Waals surface area contributed by atoms with Crippen LogP contribution in [0.2, 0.25) is 0 Å². The van der Waals surface area contributed by atoms with E-state index in [1.165, 1.54) is 18.2 Å². The lowest BCUT2D eigenvalue weighted by molar-refractivity contribution is -0.385. The molecular formula is C12H12BrNO3. The van der Waals surface area contributed by atoms with Crippen LogP contribution in [0.25, 0.3) is 0 Å². The van der Waals surface area contributed by atoms with Crippen LogP contribution < -0.4 is 0 Å². The second kappa shape index (κ2) is 4.87. The normalized spacial score (nSPS) is 19.8. The molecule has 1 unspecified atom stereocenters. The highest BCUT2D eigenvalue weighted by Gasteiger charge is 2.22. The van der Waals surface area contributed by atoms with Gasteiger partial charge in [0.2, 0.25) is 0 Å². The van der Waals surface area contributed by atoms with Gasteiger partial charge < -0.3 is 5.11 Å². The van der Waals surface area contributed by atoms with E-state index >= 15 is 0 Å². The highest BCUT2D eigenvalue weighted by atomic mass is 79.9. The molecule has 0 radical (unpaired) electrons. The molecule has 1 aromatic rings. The minimum atomic E-state index is -0.441. The van der Waals surface area contributed by atoms with Gasteiger partial charge in [-0.25, -0.2) is 0 Å². The van der Waals surface area contributed by atoms with Gasteiger partial charge in [-0.3, -0.25) is 10.1 Å². The smallest absolute Gasteiger partial charge is 0.269 e. The number of allylic oxidation sites excluding steroid dienone is 2. The molecule has 0 bridgehead atoms. The second-order valence-electron chi connectivity index (χ2n) is 4.07. The highest BCUT2D eigenvalue weighted by molar-refractivity contribution is 9.11. The number of nitrogens with zero attached hydrogens (tertiary/aromatic N) is 1. The van der Waals surface area contributed by atoms with E-state index in [0.29, 0.717) is 5.56 Å². The largest absolute Gasteiger partial charge is 0.508 e. The van der Waals surface area contributed by atoms with Gasteiger partial charge in [-0.1, -0.05) is 22.0 Å². The molecule has 0 amide bonds. The quantitative estimate of drug-likeness (QED) is 0.666. The minimum absolute atomic E-state index is 0.0173. The van der Waals surface area contributed by atoms with Gasteiger partial charge in [0.25, 0.3) is 5.69 Å². The SMILES string of the molecule is O=[N+]([O-])c1ccc(O)c(C2CCCC=C2Br)c1. The third-order valence-corrected chi connectivity index (χ3v) is 3.84. The van der Waals surface area contributed by atoms with Gasteiger partial charge in [0.05, 0.1) is 4.92 Å². The van der Waals surface area contributed by atoms with Crippen molar-refractivity contribution < 1.29 is 10.0 Å².